The summed E-state index contributed by atoms with van der Waals surface area (Å²) >= 11 is 0. The molecule has 0 spiro atoms. The zero-order valence-electron chi connectivity index (χ0n) is 11.1. The minimum atomic E-state index is -0.294. The molecule has 0 aliphatic heterocycles. The number of para-hydroxylation sites is 1. The van der Waals surface area contributed by atoms with Gasteiger partial charge in [0.25, 0.3) is 0 Å². The van der Waals surface area contributed by atoms with Crippen LogP contribution >= 0.6 is 0 Å². The topological polar surface area (TPSA) is 33.4 Å². The smallest absolute Gasteiger partial charge is 0.136 e. The average molecular weight is 252 g/mol. The molecule has 0 aliphatic carbocycles. The van der Waals surface area contributed by atoms with Crippen LogP contribution < -0.4 is 0 Å². The zero-order chi connectivity index (χ0) is 13.6. The molecule has 0 amide bonds. The number of benzene rings is 2. The third-order valence-electron chi connectivity index (χ3n) is 3.70. The van der Waals surface area contributed by atoms with Crippen molar-refractivity contribution in [3.8, 4) is 5.75 Å². The molecule has 0 radical (unpaired) electrons. The first kappa shape index (κ1) is 11.8. The molecular weight excluding hydrogens is 236 g/mol. The number of furan rings is 1. The monoisotopic (exact) mass is 252 g/mol. The lowest BCUT2D eigenvalue weighted by atomic mass is 9.84. The predicted octanol–water partition coefficient (Wildman–Crippen LogP) is 4.76. The minimum absolute atomic E-state index is 0.281. The van der Waals surface area contributed by atoms with Gasteiger partial charge < -0.3 is 9.52 Å². The standard InChI is InChI=1S/C17H16O2/c1-4-17(2,3)13-10-16-12(9-14(13)18)11-7-5-6-8-15(11)19-16/h4-10,18H,1H2,2-3H3. The predicted molar refractivity (Wildman–Crippen MR) is 78.6 cm³/mol. The number of phenolic OH excluding ortho intramolecular Hbond substituents is 1. The van der Waals surface area contributed by atoms with E-state index in [-0.39, 0.29) is 11.2 Å². The summed E-state index contributed by atoms with van der Waals surface area (Å²) in [4.78, 5) is 0. The fourth-order valence-corrected chi connectivity index (χ4v) is 2.39. The van der Waals surface area contributed by atoms with Crippen molar-refractivity contribution in [3.63, 3.8) is 0 Å². The maximum Gasteiger partial charge on any atom is 0.136 e. The van der Waals surface area contributed by atoms with Crippen molar-refractivity contribution in [2.75, 3.05) is 0 Å². The lowest BCUT2D eigenvalue weighted by molar-refractivity contribution is 0.456. The molecule has 3 aromatic rings. The molecule has 0 saturated carbocycles. The Bertz CT molecular complexity index is 778. The van der Waals surface area contributed by atoms with Crippen LogP contribution in [0.15, 0.2) is 53.5 Å². The van der Waals surface area contributed by atoms with Gasteiger partial charge in [-0.05, 0) is 18.2 Å². The van der Waals surface area contributed by atoms with Gasteiger partial charge in [-0.1, -0.05) is 38.1 Å². The number of phenols is 1. The number of hydrogen-bond acceptors (Lipinski definition) is 2. The largest absolute Gasteiger partial charge is 0.508 e. The molecule has 0 aliphatic rings. The van der Waals surface area contributed by atoms with Crippen molar-refractivity contribution in [2.24, 2.45) is 0 Å². The Balaban J connectivity index is 2.38. The molecule has 2 nitrogen and oxygen atoms in total. The first-order valence-electron chi connectivity index (χ1n) is 6.31. The van der Waals surface area contributed by atoms with E-state index in [0.29, 0.717) is 0 Å². The van der Waals surface area contributed by atoms with Crippen LogP contribution in [0.1, 0.15) is 19.4 Å². The van der Waals surface area contributed by atoms with Crippen molar-refractivity contribution in [1.82, 2.24) is 0 Å². The van der Waals surface area contributed by atoms with Gasteiger partial charge in [-0.3, -0.25) is 0 Å². The van der Waals surface area contributed by atoms with Crippen molar-refractivity contribution >= 4 is 21.9 Å². The summed E-state index contributed by atoms with van der Waals surface area (Å²) in [6.07, 6.45) is 1.83. The lowest BCUT2D eigenvalue weighted by Gasteiger charge is -2.21. The summed E-state index contributed by atoms with van der Waals surface area (Å²) in [7, 11) is 0. The first-order chi connectivity index (χ1) is 9.03. The fourth-order valence-electron chi connectivity index (χ4n) is 2.39. The van der Waals surface area contributed by atoms with Crippen LogP contribution in [0.3, 0.4) is 0 Å². The van der Waals surface area contributed by atoms with Gasteiger partial charge in [0, 0.05) is 21.8 Å². The second kappa shape index (κ2) is 3.89. The van der Waals surface area contributed by atoms with Crippen molar-refractivity contribution < 1.29 is 9.52 Å². The number of hydrogen-bond donors (Lipinski definition) is 1. The molecular formula is C17H16O2. The second-order valence-corrected chi connectivity index (χ2v) is 5.39. The highest BCUT2D eigenvalue weighted by Gasteiger charge is 2.22. The number of allylic oxidation sites excluding steroid dienone is 1. The summed E-state index contributed by atoms with van der Waals surface area (Å²) in [5.74, 6) is 0.281. The van der Waals surface area contributed by atoms with E-state index in [2.05, 4.69) is 6.58 Å². The average Bonchev–Trinajstić information content (AvgIpc) is 2.75. The van der Waals surface area contributed by atoms with E-state index in [9.17, 15) is 5.11 Å². The summed E-state index contributed by atoms with van der Waals surface area (Å²) in [5.41, 5.74) is 2.17. The van der Waals surface area contributed by atoms with Gasteiger partial charge in [-0.15, -0.1) is 6.58 Å². The van der Waals surface area contributed by atoms with Gasteiger partial charge in [0.15, 0.2) is 0 Å². The third kappa shape index (κ3) is 1.72. The molecule has 0 unspecified atom stereocenters. The maximum atomic E-state index is 10.3. The van der Waals surface area contributed by atoms with E-state index in [1.807, 2.05) is 50.3 Å². The Kier molecular flexibility index (Phi) is 2.42. The Labute approximate surface area is 112 Å². The Morgan fingerprint density at radius 1 is 1.11 bits per heavy atom. The molecule has 0 atom stereocenters. The van der Waals surface area contributed by atoms with Gasteiger partial charge in [0.05, 0.1) is 0 Å². The normalized spacial score (nSPS) is 12.1. The molecule has 2 heteroatoms. The number of fused-ring (bicyclic) bond motifs is 3. The second-order valence-electron chi connectivity index (χ2n) is 5.39. The highest BCUT2D eigenvalue weighted by atomic mass is 16.3. The molecule has 19 heavy (non-hydrogen) atoms. The Hall–Kier alpha value is -2.22. The van der Waals surface area contributed by atoms with Gasteiger partial charge in [0.2, 0.25) is 0 Å². The van der Waals surface area contributed by atoms with Gasteiger partial charge in [-0.25, -0.2) is 0 Å². The molecule has 0 bridgehead atoms. The minimum Gasteiger partial charge on any atom is -0.508 e. The third-order valence-corrected chi connectivity index (χ3v) is 3.70. The molecule has 0 saturated heterocycles. The number of aromatic hydroxyl groups is 1. The highest BCUT2D eigenvalue weighted by Crippen LogP contribution is 2.38. The SMILES string of the molecule is C=CC(C)(C)c1cc2oc3ccccc3c2cc1O. The van der Waals surface area contributed by atoms with Crippen LogP contribution in [0, 0.1) is 0 Å². The van der Waals surface area contributed by atoms with E-state index in [1.165, 1.54) is 0 Å². The van der Waals surface area contributed by atoms with Crippen LogP contribution in [0.2, 0.25) is 0 Å². The van der Waals surface area contributed by atoms with E-state index in [1.54, 1.807) is 6.07 Å². The first-order valence-corrected chi connectivity index (χ1v) is 6.31. The molecule has 1 N–H and O–H groups in total. The Morgan fingerprint density at radius 3 is 2.58 bits per heavy atom. The van der Waals surface area contributed by atoms with Gasteiger partial charge in [-0.2, -0.15) is 0 Å². The summed E-state index contributed by atoms with van der Waals surface area (Å²) in [6, 6.07) is 11.5. The molecule has 1 aromatic heterocycles. The van der Waals surface area contributed by atoms with E-state index < -0.39 is 0 Å². The zero-order valence-corrected chi connectivity index (χ0v) is 11.1. The van der Waals surface area contributed by atoms with Crippen molar-refractivity contribution in [2.45, 2.75) is 19.3 Å². The number of rotatable bonds is 2. The summed E-state index contributed by atoms with van der Waals surface area (Å²) in [5, 5.41) is 12.2. The summed E-state index contributed by atoms with van der Waals surface area (Å²) in [6.45, 7) is 7.87. The molecule has 1 heterocycles. The van der Waals surface area contributed by atoms with Crippen molar-refractivity contribution in [3.05, 3.63) is 54.6 Å². The van der Waals surface area contributed by atoms with Crippen LogP contribution in [0.4, 0.5) is 0 Å². The molecule has 2 aromatic carbocycles. The molecule has 0 fully saturated rings. The van der Waals surface area contributed by atoms with Gasteiger partial charge >= 0.3 is 0 Å². The Morgan fingerprint density at radius 2 is 1.84 bits per heavy atom. The maximum absolute atomic E-state index is 10.3. The molecule has 96 valence electrons. The van der Waals surface area contributed by atoms with E-state index in [4.69, 9.17) is 4.42 Å². The quantitative estimate of drug-likeness (QED) is 0.667. The van der Waals surface area contributed by atoms with E-state index in [0.717, 1.165) is 27.5 Å². The van der Waals surface area contributed by atoms with Crippen LogP contribution in [0.25, 0.3) is 21.9 Å². The molecule has 3 rings (SSSR count). The highest BCUT2D eigenvalue weighted by molar-refractivity contribution is 6.05. The lowest BCUT2D eigenvalue weighted by Crippen LogP contribution is -2.12. The van der Waals surface area contributed by atoms with Gasteiger partial charge in [0.1, 0.15) is 16.9 Å². The fraction of sp³-hybridized carbons (Fsp3) is 0.176. The van der Waals surface area contributed by atoms with Crippen molar-refractivity contribution in [1.29, 1.82) is 0 Å². The van der Waals surface area contributed by atoms with Crippen LogP contribution in [0.5, 0.6) is 5.75 Å². The van der Waals surface area contributed by atoms with E-state index >= 15 is 0 Å². The summed E-state index contributed by atoms with van der Waals surface area (Å²) < 4.78 is 5.84. The van der Waals surface area contributed by atoms with Crippen LogP contribution in [-0.2, 0) is 5.41 Å². The van der Waals surface area contributed by atoms with Crippen LogP contribution in [-0.4, -0.2) is 5.11 Å².